The van der Waals surface area contributed by atoms with Crippen molar-refractivity contribution in [2.75, 3.05) is 31.9 Å². The smallest absolute Gasteiger partial charge is 0.323 e. The number of piperidine rings is 1. The van der Waals surface area contributed by atoms with Crippen molar-refractivity contribution in [1.82, 2.24) is 20.7 Å². The van der Waals surface area contributed by atoms with E-state index in [2.05, 4.69) is 20.7 Å². The summed E-state index contributed by atoms with van der Waals surface area (Å²) in [7, 11) is -3.74. The minimum Gasteiger partial charge on any atom is -0.480 e. The third-order valence-electron chi connectivity index (χ3n) is 4.81. The van der Waals surface area contributed by atoms with Crippen molar-refractivity contribution in [1.29, 1.82) is 0 Å². The number of rotatable bonds is 14. The zero-order chi connectivity index (χ0) is 21.7. The van der Waals surface area contributed by atoms with Crippen LogP contribution in [-0.2, 0) is 24.4 Å². The third-order valence-corrected chi connectivity index (χ3v) is 6.28. The summed E-state index contributed by atoms with van der Waals surface area (Å²) in [6, 6.07) is -1.46. The molecule has 0 aromatic heterocycles. The van der Waals surface area contributed by atoms with E-state index in [1.807, 2.05) is 6.92 Å². The van der Waals surface area contributed by atoms with Gasteiger partial charge in [0.05, 0.1) is 12.3 Å². The molecule has 2 amide bonds. The highest BCUT2D eigenvalue weighted by atomic mass is 32.2. The van der Waals surface area contributed by atoms with Crippen LogP contribution in [0.15, 0.2) is 0 Å². The van der Waals surface area contributed by atoms with E-state index in [1.165, 1.54) is 0 Å². The monoisotopic (exact) mass is 434 g/mol. The Morgan fingerprint density at radius 2 is 1.79 bits per heavy atom. The summed E-state index contributed by atoms with van der Waals surface area (Å²) < 4.78 is 25.7. The van der Waals surface area contributed by atoms with Crippen LogP contribution in [0, 0.1) is 5.92 Å². The summed E-state index contributed by atoms with van der Waals surface area (Å²) in [6.07, 6.45) is 5.41. The van der Waals surface area contributed by atoms with Crippen LogP contribution in [0.25, 0.3) is 0 Å². The van der Waals surface area contributed by atoms with Crippen LogP contribution in [0.1, 0.15) is 51.9 Å². The SMILES string of the molecule is CCCCS(=O)(=O)NC(CNC(=O)CNC(=O)CCCC1CCNCC1)C(=O)O. The highest BCUT2D eigenvalue weighted by Gasteiger charge is 2.24. The van der Waals surface area contributed by atoms with Crippen LogP contribution >= 0.6 is 0 Å². The molecule has 0 aliphatic carbocycles. The van der Waals surface area contributed by atoms with Gasteiger partial charge < -0.3 is 21.1 Å². The van der Waals surface area contributed by atoms with Gasteiger partial charge in [0, 0.05) is 13.0 Å². The number of aliphatic carboxylic acids is 1. The van der Waals surface area contributed by atoms with E-state index in [4.69, 9.17) is 5.11 Å². The molecule has 1 saturated heterocycles. The quantitative estimate of drug-likeness (QED) is 0.248. The summed E-state index contributed by atoms with van der Waals surface area (Å²) in [4.78, 5) is 34.9. The van der Waals surface area contributed by atoms with Gasteiger partial charge in [-0.2, -0.15) is 4.72 Å². The van der Waals surface area contributed by atoms with Crippen molar-refractivity contribution in [3.63, 3.8) is 0 Å². The van der Waals surface area contributed by atoms with Gasteiger partial charge in [-0.3, -0.25) is 14.4 Å². The predicted octanol–water partition coefficient (Wildman–Crippen LogP) is -0.439. The van der Waals surface area contributed by atoms with E-state index in [1.54, 1.807) is 0 Å². The van der Waals surface area contributed by atoms with Crippen molar-refractivity contribution < 1.29 is 27.9 Å². The molecule has 0 radical (unpaired) electrons. The molecule has 0 saturated carbocycles. The van der Waals surface area contributed by atoms with Crippen LogP contribution in [-0.4, -0.2) is 69.3 Å². The normalized spacial score (nSPS) is 16.2. The van der Waals surface area contributed by atoms with Crippen molar-refractivity contribution in [3.05, 3.63) is 0 Å². The summed E-state index contributed by atoms with van der Waals surface area (Å²) in [6.45, 7) is 3.19. The molecule has 1 aliphatic rings. The molecule has 1 fully saturated rings. The maximum absolute atomic E-state index is 11.8. The van der Waals surface area contributed by atoms with Crippen molar-refractivity contribution in [3.8, 4) is 0 Å². The highest BCUT2D eigenvalue weighted by Crippen LogP contribution is 2.18. The Bertz CT molecular complexity index is 634. The number of amides is 2. The molecule has 168 valence electrons. The van der Waals surface area contributed by atoms with E-state index < -0.39 is 34.5 Å². The fraction of sp³-hybridized carbons (Fsp3) is 0.833. The molecule has 0 aromatic rings. The van der Waals surface area contributed by atoms with Gasteiger partial charge in [0.1, 0.15) is 6.04 Å². The van der Waals surface area contributed by atoms with Crippen LogP contribution in [0.4, 0.5) is 0 Å². The first kappa shape index (κ1) is 25.3. The van der Waals surface area contributed by atoms with E-state index in [9.17, 15) is 22.8 Å². The lowest BCUT2D eigenvalue weighted by molar-refractivity contribution is -0.139. The fourth-order valence-electron chi connectivity index (χ4n) is 3.06. The molecule has 0 bridgehead atoms. The molecule has 0 aromatic carbocycles. The lowest BCUT2D eigenvalue weighted by atomic mass is 9.92. The first-order valence-corrected chi connectivity index (χ1v) is 11.9. The molecule has 0 spiro atoms. The van der Waals surface area contributed by atoms with E-state index in [-0.39, 0.29) is 18.2 Å². The first-order valence-electron chi connectivity index (χ1n) is 10.2. The number of nitrogens with one attached hydrogen (secondary N) is 4. The molecule has 11 heteroatoms. The minimum atomic E-state index is -3.74. The first-order chi connectivity index (χ1) is 13.7. The number of hydrogen-bond acceptors (Lipinski definition) is 6. The molecular weight excluding hydrogens is 400 g/mol. The van der Waals surface area contributed by atoms with Crippen LogP contribution in [0.2, 0.25) is 0 Å². The topological polar surface area (TPSA) is 154 Å². The van der Waals surface area contributed by atoms with Gasteiger partial charge in [-0.15, -0.1) is 0 Å². The summed E-state index contributed by atoms with van der Waals surface area (Å²) in [5, 5.41) is 17.3. The van der Waals surface area contributed by atoms with Crippen LogP contribution < -0.4 is 20.7 Å². The van der Waals surface area contributed by atoms with E-state index in [0.717, 1.165) is 38.8 Å². The lowest BCUT2D eigenvalue weighted by Gasteiger charge is -2.22. The Balaban J connectivity index is 2.25. The number of carbonyl (C=O) groups is 3. The van der Waals surface area contributed by atoms with Gasteiger partial charge in [-0.1, -0.05) is 13.3 Å². The van der Waals surface area contributed by atoms with Gasteiger partial charge >= 0.3 is 5.97 Å². The number of sulfonamides is 1. The van der Waals surface area contributed by atoms with Crippen LogP contribution in [0.5, 0.6) is 0 Å². The maximum Gasteiger partial charge on any atom is 0.323 e. The average Bonchev–Trinajstić information content (AvgIpc) is 2.68. The summed E-state index contributed by atoms with van der Waals surface area (Å²) in [5.74, 6) is -1.72. The Labute approximate surface area is 172 Å². The standard InChI is InChI=1S/C18H34N4O6S/c1-2-3-11-29(27,28)22-15(18(25)26)12-20-17(24)13-21-16(23)6-4-5-14-7-9-19-10-8-14/h14-15,19,22H,2-13H2,1H3,(H,20,24)(H,21,23)(H,25,26). The Morgan fingerprint density at radius 3 is 2.41 bits per heavy atom. The number of carbonyl (C=O) groups excluding carboxylic acids is 2. The number of hydrogen-bond donors (Lipinski definition) is 5. The summed E-state index contributed by atoms with van der Waals surface area (Å²) in [5.41, 5.74) is 0. The van der Waals surface area contributed by atoms with Gasteiger partial charge in [0.25, 0.3) is 0 Å². The molecule has 1 heterocycles. The molecule has 1 rings (SSSR count). The van der Waals surface area contributed by atoms with E-state index in [0.29, 0.717) is 25.2 Å². The largest absolute Gasteiger partial charge is 0.480 e. The van der Waals surface area contributed by atoms with Crippen LogP contribution in [0.3, 0.4) is 0 Å². The molecule has 29 heavy (non-hydrogen) atoms. The molecular formula is C18H34N4O6S. The molecule has 10 nitrogen and oxygen atoms in total. The number of carboxylic acids is 1. The number of unbranched alkanes of at least 4 members (excludes halogenated alkanes) is 1. The second kappa shape index (κ2) is 13.5. The minimum absolute atomic E-state index is 0.172. The third kappa shape index (κ3) is 11.8. The molecule has 1 aliphatic heterocycles. The number of carboxylic acid groups (broad SMARTS) is 1. The lowest BCUT2D eigenvalue weighted by Crippen LogP contribution is -2.50. The van der Waals surface area contributed by atoms with Gasteiger partial charge in [-0.25, -0.2) is 8.42 Å². The molecule has 5 N–H and O–H groups in total. The fourth-order valence-corrected chi connectivity index (χ4v) is 4.46. The molecule has 1 unspecified atom stereocenters. The average molecular weight is 435 g/mol. The van der Waals surface area contributed by atoms with E-state index >= 15 is 0 Å². The Hall–Kier alpha value is -1.72. The Kier molecular flexibility index (Phi) is 11.8. The maximum atomic E-state index is 11.8. The second-order valence-electron chi connectivity index (χ2n) is 7.35. The second-order valence-corrected chi connectivity index (χ2v) is 9.22. The van der Waals surface area contributed by atoms with Crippen molar-refractivity contribution in [2.24, 2.45) is 5.92 Å². The summed E-state index contributed by atoms with van der Waals surface area (Å²) >= 11 is 0. The Morgan fingerprint density at radius 1 is 1.10 bits per heavy atom. The van der Waals surface area contributed by atoms with Gasteiger partial charge in [-0.05, 0) is 51.1 Å². The van der Waals surface area contributed by atoms with Gasteiger partial charge in [0.2, 0.25) is 21.8 Å². The zero-order valence-electron chi connectivity index (χ0n) is 17.0. The molecule has 1 atom stereocenters. The van der Waals surface area contributed by atoms with Crippen molar-refractivity contribution in [2.45, 2.75) is 57.9 Å². The van der Waals surface area contributed by atoms with Crippen molar-refractivity contribution >= 4 is 27.8 Å². The van der Waals surface area contributed by atoms with Gasteiger partial charge in [0.15, 0.2) is 0 Å². The predicted molar refractivity (Wildman–Crippen MR) is 109 cm³/mol. The highest BCUT2D eigenvalue weighted by molar-refractivity contribution is 7.89. The zero-order valence-corrected chi connectivity index (χ0v) is 17.9.